The van der Waals surface area contributed by atoms with Crippen LogP contribution in [0.25, 0.3) is 0 Å². The van der Waals surface area contributed by atoms with E-state index in [-0.39, 0.29) is 5.78 Å². The van der Waals surface area contributed by atoms with Crippen molar-refractivity contribution in [1.82, 2.24) is 4.90 Å². The van der Waals surface area contributed by atoms with Crippen molar-refractivity contribution in [1.29, 1.82) is 5.26 Å². The van der Waals surface area contributed by atoms with Crippen molar-refractivity contribution in [2.45, 2.75) is 13.3 Å². The van der Waals surface area contributed by atoms with Crippen LogP contribution in [0.15, 0.2) is 24.3 Å². The van der Waals surface area contributed by atoms with Crippen LogP contribution in [0.2, 0.25) is 0 Å². The van der Waals surface area contributed by atoms with E-state index in [0.717, 1.165) is 6.54 Å². The van der Waals surface area contributed by atoms with Crippen LogP contribution in [0.5, 0.6) is 5.75 Å². The van der Waals surface area contributed by atoms with Crippen LogP contribution >= 0.6 is 0 Å². The Morgan fingerprint density at radius 1 is 1.44 bits per heavy atom. The number of ketones is 1. The second-order valence-corrected chi connectivity index (χ2v) is 3.90. The Labute approximate surface area is 108 Å². The monoisotopic (exact) mass is 246 g/mol. The molecule has 0 N–H and O–H groups in total. The van der Waals surface area contributed by atoms with Crippen LogP contribution in [0.4, 0.5) is 0 Å². The van der Waals surface area contributed by atoms with Crippen molar-refractivity contribution in [2.75, 3.05) is 26.7 Å². The molecule has 0 aliphatic heterocycles. The van der Waals surface area contributed by atoms with Gasteiger partial charge in [0.1, 0.15) is 5.75 Å². The molecule has 0 amide bonds. The summed E-state index contributed by atoms with van der Waals surface area (Å²) in [6.45, 7) is 3.67. The average Bonchev–Trinajstić information content (AvgIpc) is 2.43. The quantitative estimate of drug-likeness (QED) is 0.691. The zero-order valence-corrected chi connectivity index (χ0v) is 10.8. The Bertz CT molecular complexity index is 438. The number of nitriles is 1. The number of hydrogen-bond donors (Lipinski definition) is 0. The Morgan fingerprint density at radius 2 is 2.17 bits per heavy atom. The minimum absolute atomic E-state index is 0.0206. The second-order valence-electron chi connectivity index (χ2n) is 3.90. The van der Waals surface area contributed by atoms with Crippen molar-refractivity contribution >= 4 is 5.78 Å². The maximum Gasteiger partial charge on any atom is 0.180 e. The van der Waals surface area contributed by atoms with E-state index in [9.17, 15) is 4.79 Å². The zero-order valence-electron chi connectivity index (χ0n) is 10.8. The number of methoxy groups -OCH3 is 1. The molecule has 0 saturated heterocycles. The summed E-state index contributed by atoms with van der Waals surface area (Å²) >= 11 is 0. The van der Waals surface area contributed by atoms with Gasteiger partial charge in [-0.25, -0.2) is 0 Å². The maximum absolute atomic E-state index is 12.2. The molecular formula is C14H18N2O2. The summed E-state index contributed by atoms with van der Waals surface area (Å²) in [7, 11) is 1.55. The fourth-order valence-electron chi connectivity index (χ4n) is 1.72. The van der Waals surface area contributed by atoms with Gasteiger partial charge in [-0.05, 0) is 18.7 Å². The van der Waals surface area contributed by atoms with E-state index in [1.54, 1.807) is 19.2 Å². The maximum atomic E-state index is 12.2. The normalized spacial score (nSPS) is 10.1. The summed E-state index contributed by atoms with van der Waals surface area (Å²) in [6, 6.07) is 9.29. The topological polar surface area (TPSA) is 53.3 Å². The highest BCUT2D eigenvalue weighted by atomic mass is 16.5. The largest absolute Gasteiger partial charge is 0.496 e. The van der Waals surface area contributed by atoms with Gasteiger partial charge >= 0.3 is 0 Å². The van der Waals surface area contributed by atoms with Gasteiger partial charge in [-0.1, -0.05) is 19.1 Å². The van der Waals surface area contributed by atoms with Crippen molar-refractivity contribution in [3.05, 3.63) is 29.8 Å². The lowest BCUT2D eigenvalue weighted by molar-refractivity contribution is 0.0932. The van der Waals surface area contributed by atoms with E-state index in [4.69, 9.17) is 10.00 Å². The third-order valence-electron chi connectivity index (χ3n) is 2.76. The number of para-hydroxylation sites is 1. The van der Waals surface area contributed by atoms with Crippen LogP contribution in [0.1, 0.15) is 23.7 Å². The minimum Gasteiger partial charge on any atom is -0.496 e. The molecule has 1 aromatic rings. The molecule has 0 fully saturated rings. The molecule has 0 heterocycles. The summed E-state index contributed by atoms with van der Waals surface area (Å²) in [5, 5.41) is 8.56. The second kappa shape index (κ2) is 7.46. The van der Waals surface area contributed by atoms with Gasteiger partial charge in [-0.2, -0.15) is 5.26 Å². The smallest absolute Gasteiger partial charge is 0.180 e. The molecule has 4 heteroatoms. The number of likely N-dealkylation sites (N-methyl/N-ethyl adjacent to an activating group) is 1. The highest BCUT2D eigenvalue weighted by Crippen LogP contribution is 2.18. The third kappa shape index (κ3) is 3.86. The lowest BCUT2D eigenvalue weighted by Gasteiger charge is -2.18. The number of rotatable bonds is 7. The molecule has 96 valence electrons. The number of hydrogen-bond acceptors (Lipinski definition) is 4. The number of Topliss-reactive ketones (excluding diaryl/α,β-unsaturated/α-hetero) is 1. The van der Waals surface area contributed by atoms with Crippen LogP contribution in [0.3, 0.4) is 0 Å². The summed E-state index contributed by atoms with van der Waals surface area (Å²) < 4.78 is 5.17. The number of carbonyl (C=O) groups is 1. The SMILES string of the molecule is CCN(CCC#N)CC(=O)c1ccccc1OC. The molecule has 0 bridgehead atoms. The van der Waals surface area contributed by atoms with Gasteiger partial charge in [0.2, 0.25) is 0 Å². The van der Waals surface area contributed by atoms with E-state index in [0.29, 0.717) is 30.8 Å². The molecule has 0 aliphatic carbocycles. The Balaban J connectivity index is 2.72. The van der Waals surface area contributed by atoms with Crippen LogP contribution in [-0.2, 0) is 0 Å². The number of carbonyl (C=O) groups excluding carboxylic acids is 1. The molecule has 0 atom stereocenters. The molecule has 0 spiro atoms. The molecule has 0 saturated carbocycles. The summed E-state index contributed by atoms with van der Waals surface area (Å²) in [5.74, 6) is 0.617. The highest BCUT2D eigenvalue weighted by molar-refractivity contribution is 6.00. The molecular weight excluding hydrogens is 228 g/mol. The zero-order chi connectivity index (χ0) is 13.4. The van der Waals surface area contributed by atoms with Gasteiger partial charge in [0, 0.05) is 13.0 Å². The van der Waals surface area contributed by atoms with Gasteiger partial charge in [-0.15, -0.1) is 0 Å². The first-order chi connectivity index (χ1) is 8.72. The van der Waals surface area contributed by atoms with Crippen LogP contribution in [0, 0.1) is 11.3 Å². The Kier molecular flexibility index (Phi) is 5.89. The molecule has 18 heavy (non-hydrogen) atoms. The Hall–Kier alpha value is -1.86. The van der Waals surface area contributed by atoms with Crippen LogP contribution < -0.4 is 4.74 Å². The minimum atomic E-state index is 0.0206. The van der Waals surface area contributed by atoms with E-state index in [1.165, 1.54) is 0 Å². The molecule has 0 aliphatic rings. The fourth-order valence-corrected chi connectivity index (χ4v) is 1.72. The van der Waals surface area contributed by atoms with Gasteiger partial charge in [0.15, 0.2) is 5.78 Å². The molecule has 0 aromatic heterocycles. The average molecular weight is 246 g/mol. The van der Waals surface area contributed by atoms with Crippen molar-refractivity contribution < 1.29 is 9.53 Å². The molecule has 1 rings (SSSR count). The molecule has 4 nitrogen and oxygen atoms in total. The predicted octanol–water partition coefficient (Wildman–Crippen LogP) is 2.11. The lowest BCUT2D eigenvalue weighted by Crippen LogP contribution is -2.30. The standard InChI is InChI=1S/C14H18N2O2/c1-3-16(10-6-9-15)11-13(17)12-7-4-5-8-14(12)18-2/h4-5,7-8H,3,6,10-11H2,1-2H3. The van der Waals surface area contributed by atoms with Crippen LogP contribution in [-0.4, -0.2) is 37.4 Å². The van der Waals surface area contributed by atoms with E-state index in [1.807, 2.05) is 24.0 Å². The number of ether oxygens (including phenoxy) is 1. The van der Waals surface area contributed by atoms with E-state index < -0.39 is 0 Å². The fraction of sp³-hybridized carbons (Fsp3) is 0.429. The van der Waals surface area contributed by atoms with E-state index in [2.05, 4.69) is 6.07 Å². The Morgan fingerprint density at radius 3 is 2.78 bits per heavy atom. The lowest BCUT2D eigenvalue weighted by atomic mass is 10.1. The summed E-state index contributed by atoms with van der Waals surface area (Å²) in [6.07, 6.45) is 0.438. The highest BCUT2D eigenvalue weighted by Gasteiger charge is 2.14. The van der Waals surface area contributed by atoms with Gasteiger partial charge in [-0.3, -0.25) is 9.69 Å². The van der Waals surface area contributed by atoms with Crippen molar-refractivity contribution in [3.63, 3.8) is 0 Å². The van der Waals surface area contributed by atoms with Gasteiger partial charge in [0.25, 0.3) is 0 Å². The predicted molar refractivity (Wildman–Crippen MR) is 69.7 cm³/mol. The number of benzene rings is 1. The summed E-state index contributed by atoms with van der Waals surface area (Å²) in [4.78, 5) is 14.1. The van der Waals surface area contributed by atoms with Gasteiger partial charge < -0.3 is 4.74 Å². The van der Waals surface area contributed by atoms with E-state index >= 15 is 0 Å². The molecule has 0 unspecified atom stereocenters. The third-order valence-corrected chi connectivity index (χ3v) is 2.76. The molecule has 1 aromatic carbocycles. The van der Waals surface area contributed by atoms with Crippen molar-refractivity contribution in [2.24, 2.45) is 0 Å². The first-order valence-corrected chi connectivity index (χ1v) is 5.98. The summed E-state index contributed by atoms with van der Waals surface area (Å²) in [5.41, 5.74) is 0.593. The first-order valence-electron chi connectivity index (χ1n) is 5.98. The van der Waals surface area contributed by atoms with Crippen molar-refractivity contribution in [3.8, 4) is 11.8 Å². The molecule has 0 radical (unpaired) electrons. The first kappa shape index (κ1) is 14.2. The van der Waals surface area contributed by atoms with Gasteiger partial charge in [0.05, 0.1) is 25.3 Å². The number of nitrogens with zero attached hydrogens (tertiary/aromatic N) is 2.